The Kier molecular flexibility index (Phi) is 4.14. The number of H-pyrrole nitrogens is 1. The molecule has 5 heteroatoms. The SMILES string of the molecule is CC(C)(C)c1ccc(NCCCc2ncn[nH]2)nc1. The number of nitrogens with zero attached hydrogens (tertiary/aromatic N) is 3. The summed E-state index contributed by atoms with van der Waals surface area (Å²) in [6, 6.07) is 4.17. The van der Waals surface area contributed by atoms with Crippen LogP contribution in [0, 0.1) is 0 Å². The molecule has 0 spiro atoms. The fraction of sp³-hybridized carbons (Fsp3) is 0.500. The van der Waals surface area contributed by atoms with E-state index in [0.717, 1.165) is 31.0 Å². The number of aromatic amines is 1. The summed E-state index contributed by atoms with van der Waals surface area (Å²) < 4.78 is 0. The number of pyridine rings is 1. The Balaban J connectivity index is 1.77. The molecule has 0 saturated carbocycles. The van der Waals surface area contributed by atoms with Crippen molar-refractivity contribution in [1.29, 1.82) is 0 Å². The van der Waals surface area contributed by atoms with E-state index >= 15 is 0 Å². The van der Waals surface area contributed by atoms with E-state index in [4.69, 9.17) is 0 Å². The number of aryl methyl sites for hydroxylation is 1. The zero-order chi connectivity index (χ0) is 13.7. The molecule has 0 aliphatic heterocycles. The number of aromatic nitrogens is 4. The lowest BCUT2D eigenvalue weighted by Crippen LogP contribution is -2.12. The Bertz CT molecular complexity index is 482. The van der Waals surface area contributed by atoms with Crippen LogP contribution in [0.2, 0.25) is 0 Å². The van der Waals surface area contributed by atoms with E-state index in [1.807, 2.05) is 12.3 Å². The number of nitrogens with one attached hydrogen (secondary N) is 2. The van der Waals surface area contributed by atoms with Crippen molar-refractivity contribution in [3.05, 3.63) is 36.0 Å². The molecule has 2 aromatic rings. The first-order valence-corrected chi connectivity index (χ1v) is 6.60. The highest BCUT2D eigenvalue weighted by molar-refractivity contribution is 5.36. The molecule has 0 unspecified atom stereocenters. The van der Waals surface area contributed by atoms with Crippen molar-refractivity contribution in [2.24, 2.45) is 0 Å². The van der Waals surface area contributed by atoms with Crippen LogP contribution in [-0.4, -0.2) is 26.7 Å². The van der Waals surface area contributed by atoms with Crippen LogP contribution in [0.4, 0.5) is 5.82 Å². The van der Waals surface area contributed by atoms with E-state index in [-0.39, 0.29) is 5.41 Å². The van der Waals surface area contributed by atoms with Gasteiger partial charge in [0.25, 0.3) is 0 Å². The summed E-state index contributed by atoms with van der Waals surface area (Å²) in [4.78, 5) is 8.52. The first-order valence-electron chi connectivity index (χ1n) is 6.60. The van der Waals surface area contributed by atoms with Gasteiger partial charge < -0.3 is 5.32 Å². The van der Waals surface area contributed by atoms with Crippen LogP contribution in [0.3, 0.4) is 0 Å². The van der Waals surface area contributed by atoms with Crippen molar-refractivity contribution < 1.29 is 0 Å². The number of anilines is 1. The molecule has 0 aromatic carbocycles. The highest BCUT2D eigenvalue weighted by Gasteiger charge is 2.13. The van der Waals surface area contributed by atoms with Gasteiger partial charge in [0.1, 0.15) is 18.0 Å². The molecule has 0 aliphatic rings. The van der Waals surface area contributed by atoms with E-state index in [0.29, 0.717) is 0 Å². The summed E-state index contributed by atoms with van der Waals surface area (Å²) in [6.07, 6.45) is 5.37. The molecule has 0 atom stereocenters. The van der Waals surface area contributed by atoms with Gasteiger partial charge >= 0.3 is 0 Å². The Hall–Kier alpha value is -1.91. The predicted molar refractivity (Wildman–Crippen MR) is 76.1 cm³/mol. The normalized spacial score (nSPS) is 11.5. The molecular formula is C14H21N5. The molecule has 2 heterocycles. The van der Waals surface area contributed by atoms with Crippen LogP contribution in [0.5, 0.6) is 0 Å². The molecule has 0 saturated heterocycles. The summed E-state index contributed by atoms with van der Waals surface area (Å²) in [5.41, 5.74) is 1.40. The quantitative estimate of drug-likeness (QED) is 0.810. The van der Waals surface area contributed by atoms with Crippen LogP contribution in [0.15, 0.2) is 24.7 Å². The second-order valence-electron chi connectivity index (χ2n) is 5.64. The second kappa shape index (κ2) is 5.82. The van der Waals surface area contributed by atoms with Gasteiger partial charge in [-0.15, -0.1) is 0 Å². The first kappa shape index (κ1) is 13.5. The lowest BCUT2D eigenvalue weighted by Gasteiger charge is -2.18. The van der Waals surface area contributed by atoms with Crippen molar-refractivity contribution in [2.75, 3.05) is 11.9 Å². The maximum absolute atomic E-state index is 4.43. The van der Waals surface area contributed by atoms with Crippen molar-refractivity contribution in [3.63, 3.8) is 0 Å². The fourth-order valence-corrected chi connectivity index (χ4v) is 1.77. The molecule has 5 nitrogen and oxygen atoms in total. The number of rotatable bonds is 5. The molecule has 2 rings (SSSR count). The van der Waals surface area contributed by atoms with Crippen molar-refractivity contribution in [2.45, 2.75) is 39.0 Å². The van der Waals surface area contributed by atoms with Gasteiger partial charge in [0.2, 0.25) is 0 Å². The predicted octanol–water partition coefficient (Wildman–Crippen LogP) is 2.54. The minimum Gasteiger partial charge on any atom is -0.370 e. The average Bonchev–Trinajstić information content (AvgIpc) is 2.87. The summed E-state index contributed by atoms with van der Waals surface area (Å²) in [5.74, 6) is 1.85. The van der Waals surface area contributed by atoms with E-state index in [9.17, 15) is 0 Å². The summed E-state index contributed by atoms with van der Waals surface area (Å²) in [5, 5.41) is 9.99. The van der Waals surface area contributed by atoms with Gasteiger partial charge in [-0.1, -0.05) is 26.8 Å². The molecule has 2 aromatic heterocycles. The molecule has 0 aliphatic carbocycles. The van der Waals surface area contributed by atoms with E-state index in [1.54, 1.807) is 0 Å². The first-order chi connectivity index (χ1) is 9.05. The summed E-state index contributed by atoms with van der Waals surface area (Å²) in [6.45, 7) is 7.44. The lowest BCUT2D eigenvalue weighted by molar-refractivity contribution is 0.587. The van der Waals surface area contributed by atoms with Crippen LogP contribution >= 0.6 is 0 Å². The van der Waals surface area contributed by atoms with Crippen molar-refractivity contribution in [3.8, 4) is 0 Å². The van der Waals surface area contributed by atoms with Gasteiger partial charge in [-0.05, 0) is 23.5 Å². The molecular weight excluding hydrogens is 238 g/mol. The minimum absolute atomic E-state index is 0.151. The molecule has 19 heavy (non-hydrogen) atoms. The van der Waals surface area contributed by atoms with Crippen LogP contribution in [0.1, 0.15) is 38.6 Å². The van der Waals surface area contributed by atoms with Crippen molar-refractivity contribution >= 4 is 5.82 Å². The minimum atomic E-state index is 0.151. The number of hydrogen-bond acceptors (Lipinski definition) is 4. The molecule has 0 fully saturated rings. The third-order valence-corrected chi connectivity index (χ3v) is 2.99. The van der Waals surface area contributed by atoms with Gasteiger partial charge in [-0.25, -0.2) is 9.97 Å². The second-order valence-corrected chi connectivity index (χ2v) is 5.64. The Morgan fingerprint density at radius 3 is 2.63 bits per heavy atom. The van der Waals surface area contributed by atoms with Crippen LogP contribution < -0.4 is 5.32 Å². The lowest BCUT2D eigenvalue weighted by atomic mass is 9.88. The largest absolute Gasteiger partial charge is 0.370 e. The van der Waals surface area contributed by atoms with E-state index in [1.165, 1.54) is 11.9 Å². The van der Waals surface area contributed by atoms with Gasteiger partial charge in [0, 0.05) is 19.2 Å². The number of hydrogen-bond donors (Lipinski definition) is 2. The Labute approximate surface area is 113 Å². The third-order valence-electron chi connectivity index (χ3n) is 2.99. The van der Waals surface area contributed by atoms with Crippen LogP contribution in [0.25, 0.3) is 0 Å². The Morgan fingerprint density at radius 1 is 1.21 bits per heavy atom. The molecule has 0 amide bonds. The summed E-state index contributed by atoms with van der Waals surface area (Å²) in [7, 11) is 0. The average molecular weight is 259 g/mol. The van der Waals surface area contributed by atoms with Crippen LogP contribution in [-0.2, 0) is 11.8 Å². The Morgan fingerprint density at radius 2 is 2.05 bits per heavy atom. The van der Waals surface area contributed by atoms with Gasteiger partial charge in [-0.2, -0.15) is 5.10 Å². The molecule has 0 bridgehead atoms. The van der Waals surface area contributed by atoms with Gasteiger partial charge in [-0.3, -0.25) is 5.10 Å². The molecule has 102 valence electrons. The zero-order valence-corrected chi connectivity index (χ0v) is 11.8. The van der Waals surface area contributed by atoms with Gasteiger partial charge in [0.15, 0.2) is 0 Å². The zero-order valence-electron chi connectivity index (χ0n) is 11.8. The maximum Gasteiger partial charge on any atom is 0.137 e. The standard InChI is InChI=1S/C14H21N5/c1-14(2,3)11-6-7-12(16-9-11)15-8-4-5-13-17-10-18-19-13/h6-7,9-10H,4-5,8H2,1-3H3,(H,15,16)(H,17,18,19). The monoisotopic (exact) mass is 259 g/mol. The van der Waals surface area contributed by atoms with E-state index < -0.39 is 0 Å². The smallest absolute Gasteiger partial charge is 0.137 e. The van der Waals surface area contributed by atoms with E-state index in [2.05, 4.69) is 52.3 Å². The topological polar surface area (TPSA) is 66.5 Å². The maximum atomic E-state index is 4.43. The highest BCUT2D eigenvalue weighted by atomic mass is 15.2. The van der Waals surface area contributed by atoms with Gasteiger partial charge in [0.05, 0.1) is 0 Å². The van der Waals surface area contributed by atoms with Crippen molar-refractivity contribution in [1.82, 2.24) is 20.2 Å². The molecule has 0 radical (unpaired) electrons. The highest BCUT2D eigenvalue weighted by Crippen LogP contribution is 2.21. The fourth-order valence-electron chi connectivity index (χ4n) is 1.77. The third kappa shape index (κ3) is 4.05. The summed E-state index contributed by atoms with van der Waals surface area (Å²) >= 11 is 0. The molecule has 2 N–H and O–H groups in total.